The van der Waals surface area contributed by atoms with Crippen LogP contribution in [0.2, 0.25) is 0 Å². The number of benzene rings is 1. The van der Waals surface area contributed by atoms with Gasteiger partial charge in [-0.05, 0) is 67.1 Å². The van der Waals surface area contributed by atoms with Gasteiger partial charge in [0, 0.05) is 22.6 Å². The summed E-state index contributed by atoms with van der Waals surface area (Å²) in [5.41, 5.74) is 0. The largest absolute Gasteiger partial charge is 0.481 e. The van der Waals surface area contributed by atoms with Crippen LogP contribution in [0, 0.1) is 3.57 Å². The minimum Gasteiger partial charge on any atom is -0.481 e. The Morgan fingerprint density at radius 2 is 1.85 bits per heavy atom. The van der Waals surface area contributed by atoms with Crippen LogP contribution in [0.15, 0.2) is 29.2 Å². The summed E-state index contributed by atoms with van der Waals surface area (Å²) in [6.07, 6.45) is 0.266. The second-order valence-electron chi connectivity index (χ2n) is 4.66. The molecule has 0 saturated carbocycles. The molecule has 20 heavy (non-hydrogen) atoms. The molecule has 0 aliphatic heterocycles. The maximum atomic E-state index is 12.5. The molecule has 0 aliphatic carbocycles. The number of carboxylic acids is 1. The lowest BCUT2D eigenvalue weighted by molar-refractivity contribution is -0.137. The van der Waals surface area contributed by atoms with E-state index in [0.29, 0.717) is 6.42 Å². The van der Waals surface area contributed by atoms with Gasteiger partial charge in [-0.25, -0.2) is 8.42 Å². The molecule has 1 aromatic carbocycles. The average molecular weight is 411 g/mol. The molecule has 1 aromatic rings. The van der Waals surface area contributed by atoms with Crippen molar-refractivity contribution >= 4 is 38.6 Å². The van der Waals surface area contributed by atoms with E-state index in [1.807, 2.05) is 0 Å². The van der Waals surface area contributed by atoms with Crippen molar-refractivity contribution in [2.45, 2.75) is 37.6 Å². The highest BCUT2D eigenvalue weighted by Gasteiger charge is 2.26. The predicted molar refractivity (Wildman–Crippen MR) is 85.1 cm³/mol. The Labute approximate surface area is 133 Å². The Morgan fingerprint density at radius 3 is 2.30 bits per heavy atom. The SMILES string of the molecule is CC(C)N(CCCC(=O)O)S(=O)(=O)c1ccc(I)cc1. The van der Waals surface area contributed by atoms with Crippen molar-refractivity contribution in [3.63, 3.8) is 0 Å². The number of hydrogen-bond donors (Lipinski definition) is 1. The minimum atomic E-state index is -3.58. The zero-order chi connectivity index (χ0) is 15.3. The molecule has 0 unspecified atom stereocenters. The van der Waals surface area contributed by atoms with Crippen molar-refractivity contribution in [3.8, 4) is 0 Å². The first-order valence-electron chi connectivity index (χ1n) is 6.24. The minimum absolute atomic E-state index is 0.0363. The molecule has 0 heterocycles. The van der Waals surface area contributed by atoms with Crippen molar-refractivity contribution in [1.29, 1.82) is 0 Å². The van der Waals surface area contributed by atoms with Crippen LogP contribution in [0.4, 0.5) is 0 Å². The van der Waals surface area contributed by atoms with E-state index in [1.54, 1.807) is 38.1 Å². The highest BCUT2D eigenvalue weighted by Crippen LogP contribution is 2.20. The summed E-state index contributed by atoms with van der Waals surface area (Å²) in [4.78, 5) is 10.8. The quantitative estimate of drug-likeness (QED) is 0.700. The van der Waals surface area contributed by atoms with Crippen LogP contribution in [-0.4, -0.2) is 36.4 Å². The van der Waals surface area contributed by atoms with E-state index in [2.05, 4.69) is 22.6 Å². The molecule has 0 radical (unpaired) electrons. The molecule has 1 N–H and O–H groups in total. The van der Waals surface area contributed by atoms with Crippen LogP contribution in [0.3, 0.4) is 0 Å². The zero-order valence-corrected chi connectivity index (χ0v) is 14.4. The second kappa shape index (κ2) is 7.37. The Bertz CT molecular complexity index is 554. The Morgan fingerprint density at radius 1 is 1.30 bits per heavy atom. The Hall–Kier alpha value is -0.670. The fourth-order valence-corrected chi connectivity index (χ4v) is 3.82. The van der Waals surface area contributed by atoms with Gasteiger partial charge in [-0.3, -0.25) is 4.79 Å². The van der Waals surface area contributed by atoms with Crippen LogP contribution >= 0.6 is 22.6 Å². The lowest BCUT2D eigenvalue weighted by atomic mass is 10.3. The lowest BCUT2D eigenvalue weighted by Crippen LogP contribution is -2.37. The van der Waals surface area contributed by atoms with E-state index in [0.717, 1.165) is 3.57 Å². The number of carbonyl (C=O) groups is 1. The molecule has 0 amide bonds. The van der Waals surface area contributed by atoms with Crippen LogP contribution in [0.25, 0.3) is 0 Å². The van der Waals surface area contributed by atoms with E-state index >= 15 is 0 Å². The van der Waals surface area contributed by atoms with Gasteiger partial charge < -0.3 is 5.11 Å². The highest BCUT2D eigenvalue weighted by atomic mass is 127. The summed E-state index contributed by atoms with van der Waals surface area (Å²) in [6, 6.07) is 6.41. The van der Waals surface area contributed by atoms with Gasteiger partial charge in [0.25, 0.3) is 0 Å². The molecule has 0 saturated heterocycles. The van der Waals surface area contributed by atoms with E-state index in [4.69, 9.17) is 5.11 Å². The molecule has 0 atom stereocenters. The number of carboxylic acid groups (broad SMARTS) is 1. The second-order valence-corrected chi connectivity index (χ2v) is 7.80. The highest BCUT2D eigenvalue weighted by molar-refractivity contribution is 14.1. The van der Waals surface area contributed by atoms with Gasteiger partial charge in [-0.2, -0.15) is 4.31 Å². The van der Waals surface area contributed by atoms with E-state index < -0.39 is 16.0 Å². The van der Waals surface area contributed by atoms with Gasteiger partial charge in [0.2, 0.25) is 10.0 Å². The summed E-state index contributed by atoms with van der Waals surface area (Å²) in [7, 11) is -3.58. The Kier molecular flexibility index (Phi) is 6.41. The summed E-state index contributed by atoms with van der Waals surface area (Å²) in [5, 5.41) is 8.65. The van der Waals surface area contributed by atoms with E-state index in [9.17, 15) is 13.2 Å². The molecule has 112 valence electrons. The Balaban J connectivity index is 2.94. The van der Waals surface area contributed by atoms with Crippen LogP contribution in [0.5, 0.6) is 0 Å². The molecular weight excluding hydrogens is 393 g/mol. The molecule has 0 spiro atoms. The summed E-state index contributed by atoms with van der Waals surface area (Å²) < 4.78 is 27.4. The summed E-state index contributed by atoms with van der Waals surface area (Å²) in [6.45, 7) is 3.77. The maximum absolute atomic E-state index is 12.5. The predicted octanol–water partition coefficient (Wildman–Crippen LogP) is 2.56. The normalized spacial score (nSPS) is 12.1. The van der Waals surface area contributed by atoms with Gasteiger partial charge in [-0.1, -0.05) is 0 Å². The fourth-order valence-electron chi connectivity index (χ4n) is 1.78. The van der Waals surface area contributed by atoms with Crippen LogP contribution in [0.1, 0.15) is 26.7 Å². The first-order valence-corrected chi connectivity index (χ1v) is 8.76. The third-order valence-electron chi connectivity index (χ3n) is 2.77. The standard InChI is InChI=1S/C13H18INO4S/c1-10(2)15(9-3-4-13(16)17)20(18,19)12-7-5-11(14)6-8-12/h5-8,10H,3-4,9H2,1-2H3,(H,16,17). The van der Waals surface area contributed by atoms with Crippen molar-refractivity contribution in [2.24, 2.45) is 0 Å². The number of nitrogens with zero attached hydrogens (tertiary/aromatic N) is 1. The van der Waals surface area contributed by atoms with Crippen molar-refractivity contribution in [3.05, 3.63) is 27.8 Å². The van der Waals surface area contributed by atoms with E-state index in [1.165, 1.54) is 4.31 Å². The molecule has 7 heteroatoms. The molecular formula is C13H18INO4S. The number of rotatable bonds is 7. The third kappa shape index (κ3) is 4.71. The first kappa shape index (κ1) is 17.4. The van der Waals surface area contributed by atoms with Gasteiger partial charge in [0.15, 0.2) is 0 Å². The van der Waals surface area contributed by atoms with Gasteiger partial charge in [0.05, 0.1) is 4.90 Å². The van der Waals surface area contributed by atoms with Gasteiger partial charge in [0.1, 0.15) is 0 Å². The topological polar surface area (TPSA) is 74.7 Å². The first-order chi connectivity index (χ1) is 9.25. The van der Waals surface area contributed by atoms with Gasteiger partial charge in [-0.15, -0.1) is 0 Å². The lowest BCUT2D eigenvalue weighted by Gasteiger charge is -2.25. The molecule has 0 aliphatic rings. The van der Waals surface area contributed by atoms with Crippen molar-refractivity contribution < 1.29 is 18.3 Å². The fraction of sp³-hybridized carbons (Fsp3) is 0.462. The molecule has 0 bridgehead atoms. The number of aliphatic carboxylic acids is 1. The van der Waals surface area contributed by atoms with E-state index in [-0.39, 0.29) is 23.9 Å². The summed E-state index contributed by atoms with van der Waals surface area (Å²) >= 11 is 2.11. The molecule has 0 fully saturated rings. The van der Waals surface area contributed by atoms with Crippen LogP contribution < -0.4 is 0 Å². The van der Waals surface area contributed by atoms with Crippen molar-refractivity contribution in [2.75, 3.05) is 6.54 Å². The van der Waals surface area contributed by atoms with Crippen LogP contribution in [-0.2, 0) is 14.8 Å². The molecule has 1 rings (SSSR count). The number of halogens is 1. The monoisotopic (exact) mass is 411 g/mol. The maximum Gasteiger partial charge on any atom is 0.303 e. The average Bonchev–Trinajstić information content (AvgIpc) is 2.34. The third-order valence-corrected chi connectivity index (χ3v) is 5.57. The molecule has 5 nitrogen and oxygen atoms in total. The summed E-state index contributed by atoms with van der Waals surface area (Å²) in [5.74, 6) is -0.916. The number of hydrogen-bond acceptors (Lipinski definition) is 3. The molecule has 0 aromatic heterocycles. The zero-order valence-electron chi connectivity index (χ0n) is 11.4. The smallest absolute Gasteiger partial charge is 0.303 e. The van der Waals surface area contributed by atoms with Crippen molar-refractivity contribution in [1.82, 2.24) is 4.31 Å². The van der Waals surface area contributed by atoms with Gasteiger partial charge >= 0.3 is 5.97 Å². The number of sulfonamides is 1.